The first kappa shape index (κ1) is 15.0. The Bertz CT molecular complexity index is 682. The highest BCUT2D eigenvalue weighted by molar-refractivity contribution is 5.95. The number of non-ortho nitro benzene ring substituents is 2. The van der Waals surface area contributed by atoms with Gasteiger partial charge >= 0.3 is 0 Å². The van der Waals surface area contributed by atoms with E-state index in [1.165, 1.54) is 0 Å². The second-order valence-corrected chi connectivity index (χ2v) is 4.22. The smallest absolute Gasteiger partial charge is 0.277 e. The topological polar surface area (TPSA) is 157 Å². The third-order valence-electron chi connectivity index (χ3n) is 2.72. The van der Waals surface area contributed by atoms with Crippen molar-refractivity contribution in [2.24, 2.45) is 0 Å². The first-order chi connectivity index (χ1) is 10.5. The van der Waals surface area contributed by atoms with Crippen molar-refractivity contribution in [3.63, 3.8) is 0 Å². The van der Waals surface area contributed by atoms with Crippen molar-refractivity contribution in [2.75, 3.05) is 6.54 Å². The number of aromatic nitrogens is 3. The molecule has 22 heavy (non-hydrogen) atoms. The van der Waals surface area contributed by atoms with Crippen LogP contribution in [0.25, 0.3) is 0 Å². The molecule has 2 aromatic rings. The SMILES string of the molecule is O=C(NCCc1c[nH]nn1)c1cc([N+](=O)[O-])cc([N+](=O)[O-])c1. The number of aromatic amines is 1. The zero-order valence-electron chi connectivity index (χ0n) is 11.1. The Hall–Kier alpha value is -3.37. The summed E-state index contributed by atoms with van der Waals surface area (Å²) in [5.74, 6) is -0.643. The fraction of sp³-hybridized carbons (Fsp3) is 0.182. The van der Waals surface area contributed by atoms with Crippen LogP contribution in [0.4, 0.5) is 11.4 Å². The van der Waals surface area contributed by atoms with Crippen LogP contribution in [0.1, 0.15) is 16.1 Å². The highest BCUT2D eigenvalue weighted by Crippen LogP contribution is 2.22. The fourth-order valence-corrected chi connectivity index (χ4v) is 1.69. The highest BCUT2D eigenvalue weighted by Gasteiger charge is 2.19. The van der Waals surface area contributed by atoms with Gasteiger partial charge in [-0.15, -0.1) is 5.10 Å². The molecule has 1 aromatic carbocycles. The van der Waals surface area contributed by atoms with Gasteiger partial charge in [-0.2, -0.15) is 0 Å². The molecule has 0 spiro atoms. The first-order valence-corrected chi connectivity index (χ1v) is 6.05. The van der Waals surface area contributed by atoms with E-state index < -0.39 is 27.1 Å². The molecule has 1 heterocycles. The van der Waals surface area contributed by atoms with Crippen LogP contribution in [-0.2, 0) is 6.42 Å². The molecule has 0 bridgehead atoms. The molecule has 0 atom stereocenters. The number of nitrogens with zero attached hydrogens (tertiary/aromatic N) is 4. The number of benzene rings is 1. The quantitative estimate of drug-likeness (QED) is 0.584. The molecule has 11 heteroatoms. The molecule has 0 aliphatic rings. The van der Waals surface area contributed by atoms with E-state index in [9.17, 15) is 25.0 Å². The van der Waals surface area contributed by atoms with E-state index in [2.05, 4.69) is 20.7 Å². The zero-order chi connectivity index (χ0) is 16.1. The van der Waals surface area contributed by atoms with Crippen LogP contribution in [0, 0.1) is 20.2 Å². The van der Waals surface area contributed by atoms with Gasteiger partial charge in [-0.1, -0.05) is 5.21 Å². The normalized spacial score (nSPS) is 10.2. The lowest BCUT2D eigenvalue weighted by atomic mass is 10.1. The Kier molecular flexibility index (Phi) is 4.36. The predicted molar refractivity (Wildman–Crippen MR) is 72.2 cm³/mol. The number of nitro groups is 2. The van der Waals surface area contributed by atoms with E-state index in [0.717, 1.165) is 18.2 Å². The lowest BCUT2D eigenvalue weighted by molar-refractivity contribution is -0.394. The van der Waals surface area contributed by atoms with Gasteiger partial charge in [0.1, 0.15) is 0 Å². The van der Waals surface area contributed by atoms with Crippen molar-refractivity contribution >= 4 is 17.3 Å². The summed E-state index contributed by atoms with van der Waals surface area (Å²) in [5.41, 5.74) is -0.557. The maximum atomic E-state index is 11.9. The molecule has 0 saturated carbocycles. The molecule has 0 unspecified atom stereocenters. The minimum Gasteiger partial charge on any atom is -0.352 e. The Labute approximate surface area is 122 Å². The van der Waals surface area contributed by atoms with Crippen molar-refractivity contribution in [1.29, 1.82) is 0 Å². The number of amides is 1. The van der Waals surface area contributed by atoms with Crippen LogP contribution < -0.4 is 5.32 Å². The Morgan fingerprint density at radius 3 is 2.32 bits per heavy atom. The number of nitrogens with one attached hydrogen (secondary N) is 2. The van der Waals surface area contributed by atoms with Gasteiger partial charge < -0.3 is 5.32 Å². The summed E-state index contributed by atoms with van der Waals surface area (Å²) in [6.07, 6.45) is 1.96. The van der Waals surface area contributed by atoms with Gasteiger partial charge in [-0.3, -0.25) is 30.1 Å². The average molecular weight is 306 g/mol. The van der Waals surface area contributed by atoms with Gasteiger partial charge in [0.05, 0.1) is 27.2 Å². The van der Waals surface area contributed by atoms with Crippen molar-refractivity contribution in [3.05, 3.63) is 55.9 Å². The zero-order valence-corrected chi connectivity index (χ0v) is 11.1. The maximum absolute atomic E-state index is 11.9. The summed E-state index contributed by atoms with van der Waals surface area (Å²) >= 11 is 0. The number of carbonyl (C=O) groups is 1. The van der Waals surface area contributed by atoms with Crippen molar-refractivity contribution in [1.82, 2.24) is 20.7 Å². The number of hydrogen-bond acceptors (Lipinski definition) is 7. The lowest BCUT2D eigenvalue weighted by Gasteiger charge is -2.04. The van der Waals surface area contributed by atoms with E-state index >= 15 is 0 Å². The molecule has 2 rings (SSSR count). The van der Waals surface area contributed by atoms with Gasteiger partial charge in [0.2, 0.25) is 0 Å². The third-order valence-corrected chi connectivity index (χ3v) is 2.72. The first-order valence-electron chi connectivity index (χ1n) is 6.05. The van der Waals surface area contributed by atoms with E-state index in [4.69, 9.17) is 0 Å². The summed E-state index contributed by atoms with van der Waals surface area (Å²) in [6, 6.07) is 2.77. The molecule has 0 radical (unpaired) electrons. The molecule has 1 amide bonds. The largest absolute Gasteiger partial charge is 0.352 e. The Balaban J connectivity index is 2.10. The number of carbonyl (C=O) groups excluding carboxylic acids is 1. The van der Waals surface area contributed by atoms with E-state index in [1.54, 1.807) is 6.20 Å². The van der Waals surface area contributed by atoms with Gasteiger partial charge in [0.15, 0.2) is 0 Å². The highest BCUT2D eigenvalue weighted by atomic mass is 16.6. The summed E-state index contributed by atoms with van der Waals surface area (Å²) in [5, 5.41) is 33.8. The van der Waals surface area contributed by atoms with Crippen LogP contribution in [-0.4, -0.2) is 37.7 Å². The van der Waals surface area contributed by atoms with E-state index in [1.807, 2.05) is 0 Å². The minimum atomic E-state index is -0.792. The molecular formula is C11H10N6O5. The van der Waals surface area contributed by atoms with E-state index in [-0.39, 0.29) is 12.1 Å². The average Bonchev–Trinajstić information content (AvgIpc) is 2.99. The standard InChI is InChI=1S/C11H10N6O5/c18-11(12-2-1-8-6-13-15-14-8)7-3-9(16(19)20)5-10(4-7)17(21)22/h3-6H,1-2H2,(H,12,18)(H,13,14,15). The van der Waals surface area contributed by atoms with Gasteiger partial charge in [-0.05, 0) is 0 Å². The molecule has 0 saturated heterocycles. The fourth-order valence-electron chi connectivity index (χ4n) is 1.69. The summed E-state index contributed by atoms with van der Waals surface area (Å²) < 4.78 is 0. The van der Waals surface area contributed by atoms with Gasteiger partial charge in [-0.25, -0.2) is 0 Å². The molecule has 1 aromatic heterocycles. The molecule has 0 aliphatic carbocycles. The third kappa shape index (κ3) is 3.59. The Morgan fingerprint density at radius 1 is 1.18 bits per heavy atom. The van der Waals surface area contributed by atoms with Gasteiger partial charge in [0, 0.05) is 31.3 Å². The van der Waals surface area contributed by atoms with E-state index in [0.29, 0.717) is 12.1 Å². The predicted octanol–water partition coefficient (Wildman–Crippen LogP) is 0.594. The molecule has 0 aliphatic heterocycles. The maximum Gasteiger partial charge on any atom is 0.277 e. The molecule has 2 N–H and O–H groups in total. The summed E-state index contributed by atoms with van der Waals surface area (Å²) in [4.78, 5) is 31.8. The second kappa shape index (κ2) is 6.39. The van der Waals surface area contributed by atoms with Crippen LogP contribution in [0.15, 0.2) is 24.4 Å². The number of H-pyrrole nitrogens is 1. The molecule has 11 nitrogen and oxygen atoms in total. The number of hydrogen-bond donors (Lipinski definition) is 2. The lowest BCUT2D eigenvalue weighted by Crippen LogP contribution is -2.26. The summed E-state index contributed by atoms with van der Waals surface area (Å²) in [6.45, 7) is 0.210. The van der Waals surface area contributed by atoms with Crippen LogP contribution in [0.2, 0.25) is 0 Å². The molecule has 0 fully saturated rings. The number of nitro benzene ring substituents is 2. The monoisotopic (exact) mass is 306 g/mol. The van der Waals surface area contributed by atoms with Crippen LogP contribution in [0.5, 0.6) is 0 Å². The molecule has 114 valence electrons. The Morgan fingerprint density at radius 2 is 1.82 bits per heavy atom. The second-order valence-electron chi connectivity index (χ2n) is 4.22. The summed E-state index contributed by atoms with van der Waals surface area (Å²) in [7, 11) is 0. The van der Waals surface area contributed by atoms with Crippen molar-refractivity contribution in [3.8, 4) is 0 Å². The van der Waals surface area contributed by atoms with Crippen LogP contribution in [0.3, 0.4) is 0 Å². The van der Waals surface area contributed by atoms with Crippen LogP contribution >= 0.6 is 0 Å². The number of rotatable bonds is 6. The molecular weight excluding hydrogens is 296 g/mol. The minimum absolute atomic E-state index is 0.152. The van der Waals surface area contributed by atoms with Gasteiger partial charge in [0.25, 0.3) is 17.3 Å². The van der Waals surface area contributed by atoms with Crippen molar-refractivity contribution < 1.29 is 14.6 Å². The van der Waals surface area contributed by atoms with Crippen molar-refractivity contribution in [2.45, 2.75) is 6.42 Å².